The van der Waals surface area contributed by atoms with Gasteiger partial charge in [-0.15, -0.1) is 0 Å². The van der Waals surface area contributed by atoms with Gasteiger partial charge in [-0.3, -0.25) is 4.79 Å². The minimum atomic E-state index is -2.87. The van der Waals surface area contributed by atoms with Gasteiger partial charge in [-0.25, -0.2) is 4.21 Å². The third kappa shape index (κ3) is 10.7. The summed E-state index contributed by atoms with van der Waals surface area (Å²) < 4.78 is 20.9. The van der Waals surface area contributed by atoms with Gasteiger partial charge in [0.15, 0.2) is 0 Å². The molecule has 5 nitrogen and oxygen atoms in total. The molecule has 0 bridgehead atoms. The summed E-state index contributed by atoms with van der Waals surface area (Å²) in [5.74, 6) is 3.35. The van der Waals surface area contributed by atoms with Crippen LogP contribution in [0.15, 0.2) is 12.2 Å². The van der Waals surface area contributed by atoms with Crippen LogP contribution >= 0.6 is 0 Å². The maximum Gasteiger partial charge on any atom is 0.246 e. The first-order chi connectivity index (χ1) is 8.53. The smallest absolute Gasteiger partial charge is 0.246 e. The number of hydrogen-bond acceptors (Lipinski definition) is 2. The lowest BCUT2D eigenvalue weighted by Crippen LogP contribution is -2.43. The van der Waals surface area contributed by atoms with Crippen LogP contribution in [0.4, 0.5) is 0 Å². The highest BCUT2D eigenvalue weighted by atomic mass is 32.2. The third-order valence-corrected chi connectivity index (χ3v) is 3.77. The molecule has 0 radical (unpaired) electrons. The van der Waals surface area contributed by atoms with Gasteiger partial charge in [-0.2, -0.15) is 0 Å². The molecular weight excluding hydrogens is 264 g/mol. The zero-order chi connectivity index (χ0) is 15.1. The van der Waals surface area contributed by atoms with Crippen molar-refractivity contribution in [1.29, 1.82) is 0 Å². The molecule has 0 saturated carbocycles. The second kappa shape index (κ2) is 7.67. The van der Waals surface area contributed by atoms with Gasteiger partial charge in [-0.1, -0.05) is 6.58 Å². The molecule has 0 aliphatic carbocycles. The summed E-state index contributed by atoms with van der Waals surface area (Å²) >= 11 is 0. The topological polar surface area (TPSA) is 66.4 Å². The fraction of sp³-hybridized carbons (Fsp3) is 0.692. The largest absolute Gasteiger partial charge is 0.352 e. The van der Waals surface area contributed by atoms with Crippen LogP contribution < -0.4 is 5.32 Å². The summed E-state index contributed by atoms with van der Waals surface area (Å²) in [5, 5.41) is 2.79. The number of carbonyl (C=O) groups is 1. The summed E-state index contributed by atoms with van der Waals surface area (Å²) in [6.07, 6.45) is 1.54. The molecular formula is C13H27N2O3S+. The standard InChI is InChI=1S/C13H26N2O3S/c1-12(2)13(16)14-8-6-9-15(3,4)10-7-11-19(5,17)18/h1,5-11H2,2-4H3,(H-,14,16,17,18)/p+1. The minimum absolute atomic E-state index is 0.109. The van der Waals surface area contributed by atoms with E-state index in [9.17, 15) is 9.00 Å². The number of nitrogens with one attached hydrogen (secondary N) is 1. The van der Waals surface area contributed by atoms with Crippen LogP contribution in [-0.4, -0.2) is 64.5 Å². The molecule has 2 N–H and O–H groups in total. The molecule has 0 saturated heterocycles. The van der Waals surface area contributed by atoms with E-state index in [0.717, 1.165) is 24.0 Å². The van der Waals surface area contributed by atoms with Gasteiger partial charge >= 0.3 is 0 Å². The highest BCUT2D eigenvalue weighted by Gasteiger charge is 2.15. The number of rotatable bonds is 9. The second-order valence-electron chi connectivity index (χ2n) is 5.60. The molecule has 0 aromatic carbocycles. The fourth-order valence-electron chi connectivity index (χ4n) is 1.69. The van der Waals surface area contributed by atoms with Crippen LogP contribution in [-0.2, 0) is 14.6 Å². The van der Waals surface area contributed by atoms with Gasteiger partial charge in [0.1, 0.15) is 0 Å². The maximum absolute atomic E-state index is 11.3. The first-order valence-electron chi connectivity index (χ1n) is 6.36. The van der Waals surface area contributed by atoms with Crippen LogP contribution in [0, 0.1) is 0 Å². The van der Waals surface area contributed by atoms with E-state index in [2.05, 4.69) is 31.9 Å². The maximum atomic E-state index is 11.3. The van der Waals surface area contributed by atoms with Crippen molar-refractivity contribution in [1.82, 2.24) is 5.32 Å². The minimum Gasteiger partial charge on any atom is -0.352 e. The molecule has 112 valence electrons. The van der Waals surface area contributed by atoms with Crippen molar-refractivity contribution in [2.24, 2.45) is 0 Å². The van der Waals surface area contributed by atoms with E-state index in [1.165, 1.54) is 0 Å². The first kappa shape index (κ1) is 18.1. The first-order valence-corrected chi connectivity index (χ1v) is 8.22. The number of amides is 1. The van der Waals surface area contributed by atoms with Crippen molar-refractivity contribution in [3.63, 3.8) is 0 Å². The Labute approximate surface area is 117 Å². The van der Waals surface area contributed by atoms with E-state index in [1.54, 1.807) is 6.92 Å². The molecule has 1 amide bonds. The van der Waals surface area contributed by atoms with Crippen molar-refractivity contribution < 1.29 is 18.0 Å². The Hall–Kier alpha value is -0.850. The highest BCUT2D eigenvalue weighted by molar-refractivity contribution is 7.95. The van der Waals surface area contributed by atoms with E-state index in [0.29, 0.717) is 18.5 Å². The van der Waals surface area contributed by atoms with Crippen molar-refractivity contribution >= 4 is 21.6 Å². The molecule has 0 spiro atoms. The lowest BCUT2D eigenvalue weighted by Gasteiger charge is -2.30. The molecule has 0 rings (SSSR count). The Morgan fingerprint density at radius 1 is 1.32 bits per heavy atom. The van der Waals surface area contributed by atoms with Gasteiger partial charge in [0.2, 0.25) is 5.91 Å². The van der Waals surface area contributed by atoms with Gasteiger partial charge < -0.3 is 14.4 Å². The van der Waals surface area contributed by atoms with Crippen molar-refractivity contribution in [2.75, 3.05) is 39.5 Å². The molecule has 0 aromatic heterocycles. The molecule has 0 aliphatic heterocycles. The number of nitrogens with zero attached hydrogens (tertiary/aromatic N) is 1. The van der Waals surface area contributed by atoms with Gasteiger partial charge in [0, 0.05) is 30.7 Å². The Morgan fingerprint density at radius 2 is 1.84 bits per heavy atom. The van der Waals surface area contributed by atoms with Gasteiger partial charge in [0.25, 0.3) is 0 Å². The van der Waals surface area contributed by atoms with Crippen molar-refractivity contribution in [3.8, 4) is 0 Å². The van der Waals surface area contributed by atoms with E-state index in [1.807, 2.05) is 0 Å². The van der Waals surface area contributed by atoms with Crippen molar-refractivity contribution in [2.45, 2.75) is 19.8 Å². The number of hydrogen-bond donors (Lipinski definition) is 2. The number of carbonyl (C=O) groups excluding carboxylic acids is 1. The lowest BCUT2D eigenvalue weighted by atomic mass is 10.3. The average Bonchev–Trinajstić information content (AvgIpc) is 2.21. The molecule has 6 heteroatoms. The molecule has 0 aromatic rings. The normalized spacial score (nSPS) is 14.7. The van der Waals surface area contributed by atoms with Crippen LogP contribution in [0.2, 0.25) is 0 Å². The van der Waals surface area contributed by atoms with E-state index >= 15 is 0 Å². The van der Waals surface area contributed by atoms with E-state index in [-0.39, 0.29) is 11.7 Å². The average molecular weight is 291 g/mol. The monoisotopic (exact) mass is 291 g/mol. The Bertz CT molecular complexity index is 414. The predicted molar refractivity (Wildman–Crippen MR) is 81.7 cm³/mol. The number of quaternary nitrogens is 1. The summed E-state index contributed by atoms with van der Waals surface area (Å²) in [5.41, 5.74) is 0.516. The van der Waals surface area contributed by atoms with Crippen LogP contribution in [0.3, 0.4) is 0 Å². The van der Waals surface area contributed by atoms with Gasteiger partial charge in [0.05, 0.1) is 37.0 Å². The Balaban J connectivity index is 3.85. The SMILES string of the molecule is C=C(C)C(=O)NCCC[N+](C)(C)CCCS(=C)(=O)O. The molecule has 0 fully saturated rings. The predicted octanol–water partition coefficient (Wildman–Crippen LogP) is 0.725. The molecule has 0 heterocycles. The summed E-state index contributed by atoms with van der Waals surface area (Å²) in [4.78, 5) is 11.3. The van der Waals surface area contributed by atoms with Crippen LogP contribution in [0.1, 0.15) is 19.8 Å². The second-order valence-corrected chi connectivity index (χ2v) is 7.56. The van der Waals surface area contributed by atoms with Crippen LogP contribution in [0.25, 0.3) is 0 Å². The molecule has 0 aliphatic rings. The van der Waals surface area contributed by atoms with Gasteiger partial charge in [-0.05, 0) is 12.8 Å². The van der Waals surface area contributed by atoms with E-state index in [4.69, 9.17) is 4.55 Å². The zero-order valence-electron chi connectivity index (χ0n) is 12.3. The Morgan fingerprint density at radius 3 is 2.32 bits per heavy atom. The zero-order valence-corrected chi connectivity index (χ0v) is 13.1. The van der Waals surface area contributed by atoms with Crippen LogP contribution in [0.5, 0.6) is 0 Å². The quantitative estimate of drug-likeness (QED) is 0.285. The van der Waals surface area contributed by atoms with Crippen molar-refractivity contribution in [3.05, 3.63) is 12.2 Å². The molecule has 1 atom stereocenters. The lowest BCUT2D eigenvalue weighted by molar-refractivity contribution is -0.890. The third-order valence-electron chi connectivity index (χ3n) is 2.84. The summed E-state index contributed by atoms with van der Waals surface area (Å²) in [7, 11) is 1.28. The summed E-state index contributed by atoms with van der Waals surface area (Å²) in [6, 6.07) is 0. The fourth-order valence-corrected chi connectivity index (χ4v) is 2.27. The Kier molecular flexibility index (Phi) is 7.33. The molecule has 1 unspecified atom stereocenters. The summed E-state index contributed by atoms with van der Waals surface area (Å²) in [6.45, 7) is 7.60. The van der Waals surface area contributed by atoms with E-state index < -0.39 is 9.80 Å². The highest BCUT2D eigenvalue weighted by Crippen LogP contribution is 2.02. The molecule has 19 heavy (non-hydrogen) atoms.